The number of aliphatic hydroxyl groups excluding tert-OH is 3. The maximum absolute atomic E-state index is 16.0. The fourth-order valence-corrected chi connectivity index (χ4v) is 11.2. The summed E-state index contributed by atoms with van der Waals surface area (Å²) in [5.41, 5.74) is 10.8. The second kappa shape index (κ2) is 22.6. The zero-order valence-corrected chi connectivity index (χ0v) is 45.8. The van der Waals surface area contributed by atoms with E-state index >= 15 is 4.39 Å². The fraction of sp³-hybridized carbons (Fsp3) is 0.536. The molecule has 3 aliphatic heterocycles. The van der Waals surface area contributed by atoms with Gasteiger partial charge in [0.15, 0.2) is 5.82 Å². The summed E-state index contributed by atoms with van der Waals surface area (Å²) >= 11 is 0. The third kappa shape index (κ3) is 10.9. The molecule has 23 heteroatoms. The van der Waals surface area contributed by atoms with Crippen LogP contribution in [-0.4, -0.2) is 169 Å². The number of nitrogens with one attached hydrogen (secondary N) is 1. The Morgan fingerprint density at radius 3 is 2.18 bits per heavy atom. The molecule has 22 nitrogen and oxygen atoms in total. The number of aryl methyl sites for hydroxylation is 1. The van der Waals surface area contributed by atoms with Crippen LogP contribution < -0.4 is 32.0 Å². The molecular formula is C56H72FN7O15. The van der Waals surface area contributed by atoms with E-state index < -0.39 is 123 Å². The molecule has 1 unspecified atom stereocenters. The molecule has 11 atom stereocenters. The number of carboxylic acid groups (broad SMARTS) is 1. The van der Waals surface area contributed by atoms with E-state index in [-0.39, 0.29) is 84.9 Å². The van der Waals surface area contributed by atoms with Crippen molar-refractivity contribution in [3.63, 3.8) is 0 Å². The molecule has 11 N–H and O–H groups in total. The first kappa shape index (κ1) is 58.7. The number of hydrogen-bond donors (Lipinski definition) is 9. The van der Waals surface area contributed by atoms with E-state index in [0.29, 0.717) is 29.6 Å². The second-order valence-electron chi connectivity index (χ2n) is 22.0. The summed E-state index contributed by atoms with van der Waals surface area (Å²) in [5, 5.41) is 68.3. The number of Topliss-reactive ketones (excluding diaryl/α,β-unsaturated/α-hetero) is 3. The Balaban J connectivity index is 0.992. The highest BCUT2D eigenvalue weighted by molar-refractivity contribution is 6.32. The van der Waals surface area contributed by atoms with Crippen LogP contribution in [0.25, 0.3) is 5.52 Å². The molecule has 0 bridgehead atoms. The Labute approximate surface area is 455 Å². The average Bonchev–Trinajstić information content (AvgIpc) is 4.09. The van der Waals surface area contributed by atoms with Crippen LogP contribution >= 0.6 is 0 Å². The summed E-state index contributed by atoms with van der Waals surface area (Å²) in [7, 11) is 1.58. The molecule has 5 heterocycles. The van der Waals surface area contributed by atoms with Crippen LogP contribution in [0.4, 0.5) is 10.1 Å². The Hall–Kier alpha value is -6.41. The number of anilines is 1. The van der Waals surface area contributed by atoms with Gasteiger partial charge < -0.3 is 71.4 Å². The summed E-state index contributed by atoms with van der Waals surface area (Å²) in [6.07, 6.45) is 2.67. The van der Waals surface area contributed by atoms with Crippen molar-refractivity contribution in [1.82, 2.24) is 19.5 Å². The van der Waals surface area contributed by atoms with Crippen LogP contribution in [0.15, 0.2) is 52.3 Å². The number of benzene rings is 1. The number of nitrogens with zero attached hydrogens (tertiary/aromatic N) is 4. The molecule has 428 valence electrons. The van der Waals surface area contributed by atoms with Crippen molar-refractivity contribution in [3.05, 3.63) is 103 Å². The zero-order valence-electron chi connectivity index (χ0n) is 45.8. The third-order valence-corrected chi connectivity index (χ3v) is 16.8. The summed E-state index contributed by atoms with van der Waals surface area (Å²) < 4.78 is 34.1. The molecule has 3 fully saturated rings. The number of ether oxygens (including phenoxy) is 3. The highest BCUT2D eigenvalue weighted by atomic mass is 19.1. The van der Waals surface area contributed by atoms with Gasteiger partial charge in [0.1, 0.15) is 28.5 Å². The number of piperazine rings is 1. The molecule has 2 saturated heterocycles. The summed E-state index contributed by atoms with van der Waals surface area (Å²) in [5.74, 6) is -10.2. The number of amides is 1. The lowest BCUT2D eigenvalue weighted by Gasteiger charge is -2.40. The van der Waals surface area contributed by atoms with Crippen molar-refractivity contribution >= 4 is 40.4 Å². The number of fused-ring (bicyclic) bond motifs is 4. The monoisotopic (exact) mass is 1100 g/mol. The average molecular weight is 1100 g/mol. The number of aromatic nitrogens is 1. The highest BCUT2D eigenvalue weighted by Crippen LogP contribution is 2.48. The van der Waals surface area contributed by atoms with E-state index in [2.05, 4.69) is 5.32 Å². The van der Waals surface area contributed by atoms with Crippen molar-refractivity contribution in [2.75, 3.05) is 51.3 Å². The van der Waals surface area contributed by atoms with Gasteiger partial charge >= 0.3 is 5.97 Å². The van der Waals surface area contributed by atoms with Crippen LogP contribution in [0, 0.1) is 37.4 Å². The smallest absolute Gasteiger partial charge is 0.341 e. The fourth-order valence-electron chi connectivity index (χ4n) is 11.2. The van der Waals surface area contributed by atoms with E-state index in [9.17, 15) is 59.4 Å². The van der Waals surface area contributed by atoms with Gasteiger partial charge in [-0.1, -0.05) is 39.0 Å². The molecule has 8 rings (SSSR count). The Morgan fingerprint density at radius 1 is 0.899 bits per heavy atom. The number of aliphatic hydroxyl groups is 4. The predicted molar refractivity (Wildman–Crippen MR) is 285 cm³/mol. The minimum Gasteiger partial charge on any atom is -0.507 e. The normalized spacial score (nSPS) is 23.6. The number of aromatic hydroxyl groups is 1. The minimum atomic E-state index is -2.44. The summed E-state index contributed by atoms with van der Waals surface area (Å²) in [4.78, 5) is 87.3. The number of phenolic OH excluding ortho intramolecular Hbond substituents is 1. The lowest BCUT2D eigenvalue weighted by atomic mass is 9.80. The van der Waals surface area contributed by atoms with Crippen molar-refractivity contribution in [3.8, 4) is 11.5 Å². The molecule has 79 heavy (non-hydrogen) atoms. The van der Waals surface area contributed by atoms with Crippen LogP contribution in [0.3, 0.4) is 0 Å². The lowest BCUT2D eigenvalue weighted by Crippen LogP contribution is -2.57. The quantitative estimate of drug-likeness (QED) is 0.0473. The molecule has 0 radical (unpaired) electrons. The Bertz CT molecular complexity index is 3140. The maximum atomic E-state index is 16.0. The largest absolute Gasteiger partial charge is 0.507 e. The number of methoxy groups -OCH3 is 1. The second-order valence-corrected chi connectivity index (χ2v) is 22.0. The van der Waals surface area contributed by atoms with Gasteiger partial charge in [-0.15, -0.1) is 0 Å². The first-order chi connectivity index (χ1) is 37.1. The van der Waals surface area contributed by atoms with Crippen molar-refractivity contribution in [2.45, 2.75) is 129 Å². The number of allylic oxidation sites excluding steroid dienone is 4. The van der Waals surface area contributed by atoms with Crippen LogP contribution in [0.1, 0.15) is 125 Å². The van der Waals surface area contributed by atoms with Gasteiger partial charge in [-0.3, -0.25) is 33.3 Å². The summed E-state index contributed by atoms with van der Waals surface area (Å²) in [6, 6.07) is -0.535. The number of halogens is 1. The van der Waals surface area contributed by atoms with Gasteiger partial charge in [0.05, 0.1) is 64.5 Å². The Morgan fingerprint density at radius 2 is 1.56 bits per heavy atom. The van der Waals surface area contributed by atoms with Gasteiger partial charge in [-0.05, 0) is 81.9 Å². The molecule has 5 aliphatic rings. The number of nitrogens with two attached hydrogens (primary N) is 2. The number of carbonyl (C=O) groups excluding carboxylic acids is 4. The SMILES string of the molecule is CO[C@@H](C)[C@@H](C)[C@@H](C)[C@H](N)[C@H](O)[C@H](N)[C@@H](O)[C@@H](C)/C=C/C=C(/C)C(=O)NC1=C(N2CCN(C(O)O[C@H]3CCN(c4c(F)cn5c(=O)c(C(=O)O)cc(C6CC6)c5c4C)C3)CC2)C(=O)c2c(c(O)c(C)c3c2C(=O)[C@@](C)(O)O3)C1=O. The molecule has 3 aromatic rings. The first-order valence-electron chi connectivity index (χ1n) is 26.6. The lowest BCUT2D eigenvalue weighted by molar-refractivity contribution is -0.219. The molecule has 1 aromatic carbocycles. The van der Waals surface area contributed by atoms with Crippen molar-refractivity contribution in [1.29, 1.82) is 0 Å². The topological polar surface area (TPSA) is 330 Å². The van der Waals surface area contributed by atoms with E-state index in [0.717, 1.165) is 30.4 Å². The van der Waals surface area contributed by atoms with Gasteiger partial charge in [-0.25, -0.2) is 9.18 Å². The van der Waals surface area contributed by atoms with Crippen LogP contribution in [-0.2, 0) is 14.3 Å². The van der Waals surface area contributed by atoms with E-state index in [4.69, 9.17) is 25.7 Å². The Kier molecular flexibility index (Phi) is 16.8. The number of carbonyl (C=O) groups is 5. The minimum absolute atomic E-state index is 0.0324. The maximum Gasteiger partial charge on any atom is 0.341 e. The third-order valence-electron chi connectivity index (χ3n) is 16.8. The highest BCUT2D eigenvalue weighted by Gasteiger charge is 2.51. The number of pyridine rings is 2. The van der Waals surface area contributed by atoms with Gasteiger partial charge in [0, 0.05) is 76.4 Å². The van der Waals surface area contributed by atoms with Gasteiger partial charge in [0.2, 0.25) is 23.8 Å². The predicted octanol–water partition coefficient (Wildman–Crippen LogP) is 2.34. The van der Waals surface area contributed by atoms with Crippen LogP contribution in [0.5, 0.6) is 11.5 Å². The van der Waals surface area contributed by atoms with Gasteiger partial charge in [0.25, 0.3) is 17.3 Å². The van der Waals surface area contributed by atoms with Crippen molar-refractivity contribution < 1.29 is 73.2 Å². The first-order valence-corrected chi connectivity index (χ1v) is 26.6. The zero-order chi connectivity index (χ0) is 58.0. The van der Waals surface area contributed by atoms with Crippen molar-refractivity contribution in [2.24, 2.45) is 29.2 Å². The molecule has 1 amide bonds. The number of ketones is 3. The molecule has 1 saturated carbocycles. The molecular weight excluding hydrogens is 1030 g/mol. The van der Waals surface area contributed by atoms with Gasteiger partial charge in [-0.2, -0.15) is 0 Å². The van der Waals surface area contributed by atoms with Crippen LogP contribution in [0.2, 0.25) is 0 Å². The number of hydrogen-bond acceptors (Lipinski definition) is 19. The van der Waals surface area contributed by atoms with E-state index in [1.165, 1.54) is 37.0 Å². The molecule has 2 aliphatic carbocycles. The number of phenols is 1. The number of carboxylic acids is 1. The number of aromatic carboxylic acids is 1. The molecule has 2 aromatic heterocycles. The summed E-state index contributed by atoms with van der Waals surface area (Å²) in [6.45, 7) is 13.4. The standard InChI is InChI=1S/C56H72FN7O15/c1-24(45(65)40(59)49(69)39(58)27(4)26(3)30(7)77-9)11-10-12-25(2)52(71)60-41-44(48(68)36-37(47(41)67)46(66)29(6)50-38(36)51(70)56(8,76)79-50)61-17-19-62(20-18-61)55(75)78-32-15-16-63(22-32)43-28(5)42-33(31-13-14-31)21-34(54(73)74)53(72)64(42)23-35(43)57/h10-12,21,23-24,26-27,30-32,39-40,45,49,55,65-66,69,75-76H,13-20,22,58-59H2,1-9H3,(H,60,71)(H,73,74)/b11-10+,25-12-/t24-,26-,27+,30-,32-,39-,40+,45-,49-,55?,56-/m0/s1. The number of rotatable bonds is 19. The van der Waals surface area contributed by atoms with E-state index in [1.54, 1.807) is 36.8 Å². The molecule has 0 spiro atoms. The van der Waals surface area contributed by atoms with E-state index in [1.807, 2.05) is 20.8 Å².